The van der Waals surface area contributed by atoms with Gasteiger partial charge < -0.3 is 9.47 Å². The van der Waals surface area contributed by atoms with Crippen LogP contribution in [-0.2, 0) is 19.1 Å². The molecule has 4 nitrogen and oxygen atoms in total. The molecule has 1 heterocycles. The van der Waals surface area contributed by atoms with Crippen molar-refractivity contribution >= 4 is 35.5 Å². The summed E-state index contributed by atoms with van der Waals surface area (Å²) < 4.78 is 10.4. The highest BCUT2D eigenvalue weighted by Crippen LogP contribution is 2.15. The molecule has 0 unspecified atom stereocenters. The number of cyclic esters (lactones) is 2. The summed E-state index contributed by atoms with van der Waals surface area (Å²) >= 11 is 3.59. The fourth-order valence-corrected chi connectivity index (χ4v) is 3.50. The standard InChI is InChI=1S/C14H24O4S2/c1-2-3-5-12-13(15)17-6-10-19-8-4-9-20-11-7-18-14(12)16/h12H,2-11H2,1H3. The van der Waals surface area contributed by atoms with Crippen LogP contribution in [0, 0.1) is 5.92 Å². The van der Waals surface area contributed by atoms with Crippen LogP contribution in [0.3, 0.4) is 0 Å². The zero-order chi connectivity index (χ0) is 14.6. The minimum atomic E-state index is -0.743. The largest absolute Gasteiger partial charge is 0.464 e. The molecular weight excluding hydrogens is 296 g/mol. The van der Waals surface area contributed by atoms with E-state index in [1.807, 2.05) is 6.92 Å². The number of ether oxygens (including phenoxy) is 2. The van der Waals surface area contributed by atoms with E-state index in [0.717, 1.165) is 42.3 Å². The van der Waals surface area contributed by atoms with E-state index in [1.165, 1.54) is 0 Å². The molecule has 20 heavy (non-hydrogen) atoms. The third-order valence-corrected chi connectivity index (χ3v) is 5.00. The topological polar surface area (TPSA) is 52.6 Å². The van der Waals surface area contributed by atoms with Gasteiger partial charge in [-0.1, -0.05) is 19.8 Å². The number of hydrogen-bond acceptors (Lipinski definition) is 6. The molecule has 1 saturated heterocycles. The Bertz CT molecular complexity index is 273. The summed E-state index contributed by atoms with van der Waals surface area (Å²) in [7, 11) is 0. The summed E-state index contributed by atoms with van der Waals surface area (Å²) in [5.74, 6) is 2.18. The average Bonchev–Trinajstić information content (AvgIpc) is 2.44. The minimum absolute atomic E-state index is 0.381. The predicted octanol–water partition coefficient (Wildman–Crippen LogP) is 2.75. The zero-order valence-corrected chi connectivity index (χ0v) is 13.7. The van der Waals surface area contributed by atoms with Crippen LogP contribution < -0.4 is 0 Å². The van der Waals surface area contributed by atoms with E-state index in [-0.39, 0.29) is 0 Å². The molecule has 1 rings (SSSR count). The molecule has 1 aliphatic rings. The van der Waals surface area contributed by atoms with E-state index in [4.69, 9.17) is 9.47 Å². The minimum Gasteiger partial charge on any atom is -0.464 e. The summed E-state index contributed by atoms with van der Waals surface area (Å²) in [5, 5.41) is 0. The van der Waals surface area contributed by atoms with Crippen molar-refractivity contribution < 1.29 is 19.1 Å². The van der Waals surface area contributed by atoms with E-state index in [0.29, 0.717) is 19.6 Å². The van der Waals surface area contributed by atoms with Gasteiger partial charge >= 0.3 is 11.9 Å². The lowest BCUT2D eigenvalue weighted by Gasteiger charge is -2.15. The number of carbonyl (C=O) groups is 2. The van der Waals surface area contributed by atoms with Crippen LogP contribution in [0.25, 0.3) is 0 Å². The SMILES string of the molecule is CCCCC1C(=O)OCCSCCCSCCOC1=O. The van der Waals surface area contributed by atoms with Crippen LogP contribution in [0.2, 0.25) is 0 Å². The number of hydrogen-bond donors (Lipinski definition) is 0. The van der Waals surface area contributed by atoms with Crippen LogP contribution in [0.4, 0.5) is 0 Å². The van der Waals surface area contributed by atoms with Crippen molar-refractivity contribution in [2.24, 2.45) is 5.92 Å². The second kappa shape index (κ2) is 11.3. The van der Waals surface area contributed by atoms with Gasteiger partial charge in [0.2, 0.25) is 0 Å². The summed E-state index contributed by atoms with van der Waals surface area (Å²) in [6, 6.07) is 0. The molecule has 0 saturated carbocycles. The molecule has 0 aliphatic carbocycles. The van der Waals surface area contributed by atoms with Crippen LogP contribution in [0.1, 0.15) is 32.6 Å². The maximum absolute atomic E-state index is 12.0. The maximum Gasteiger partial charge on any atom is 0.320 e. The van der Waals surface area contributed by atoms with Crippen LogP contribution in [-0.4, -0.2) is 48.2 Å². The van der Waals surface area contributed by atoms with Crippen molar-refractivity contribution in [2.45, 2.75) is 32.6 Å². The third kappa shape index (κ3) is 7.43. The first-order valence-electron chi connectivity index (χ1n) is 7.24. The highest BCUT2D eigenvalue weighted by molar-refractivity contribution is 8.00. The number of rotatable bonds is 3. The fourth-order valence-electron chi connectivity index (χ4n) is 1.81. The smallest absolute Gasteiger partial charge is 0.320 e. The number of carbonyl (C=O) groups excluding carboxylic acids is 2. The van der Waals surface area contributed by atoms with E-state index >= 15 is 0 Å². The van der Waals surface area contributed by atoms with Crippen molar-refractivity contribution in [1.82, 2.24) is 0 Å². The van der Waals surface area contributed by atoms with Crippen LogP contribution in [0.15, 0.2) is 0 Å². The molecule has 116 valence electrons. The van der Waals surface area contributed by atoms with Crippen molar-refractivity contribution in [1.29, 1.82) is 0 Å². The Hall–Kier alpha value is -0.360. The van der Waals surface area contributed by atoms with E-state index in [2.05, 4.69) is 0 Å². The molecule has 0 aromatic rings. The third-order valence-electron chi connectivity index (χ3n) is 2.94. The highest BCUT2D eigenvalue weighted by Gasteiger charge is 2.29. The van der Waals surface area contributed by atoms with Crippen LogP contribution >= 0.6 is 23.5 Å². The van der Waals surface area contributed by atoms with Gasteiger partial charge in [0.25, 0.3) is 0 Å². The molecule has 6 heteroatoms. The molecule has 0 atom stereocenters. The normalized spacial score (nSPS) is 20.9. The molecule has 0 aromatic heterocycles. The molecule has 0 bridgehead atoms. The Morgan fingerprint density at radius 1 is 1.00 bits per heavy atom. The monoisotopic (exact) mass is 320 g/mol. The Morgan fingerprint density at radius 2 is 1.55 bits per heavy atom. The molecule has 0 spiro atoms. The first-order chi connectivity index (χ1) is 9.75. The maximum atomic E-state index is 12.0. The second-order valence-corrected chi connectivity index (χ2v) is 7.06. The predicted molar refractivity (Wildman–Crippen MR) is 84.2 cm³/mol. The first-order valence-corrected chi connectivity index (χ1v) is 9.55. The van der Waals surface area contributed by atoms with E-state index in [1.54, 1.807) is 23.5 Å². The number of unbranched alkanes of at least 4 members (excludes halogenated alkanes) is 1. The molecule has 0 N–H and O–H groups in total. The van der Waals surface area contributed by atoms with Gasteiger partial charge in [-0.3, -0.25) is 9.59 Å². The molecule has 0 amide bonds. The molecule has 1 fully saturated rings. The Labute approximate surface area is 129 Å². The summed E-state index contributed by atoms with van der Waals surface area (Å²) in [6.45, 7) is 2.80. The first kappa shape index (κ1) is 17.7. The lowest BCUT2D eigenvalue weighted by atomic mass is 10.0. The molecule has 0 radical (unpaired) electrons. The Morgan fingerprint density at radius 3 is 2.05 bits per heavy atom. The van der Waals surface area contributed by atoms with E-state index in [9.17, 15) is 9.59 Å². The number of thioether (sulfide) groups is 2. The van der Waals surface area contributed by atoms with Gasteiger partial charge in [0.15, 0.2) is 5.92 Å². The van der Waals surface area contributed by atoms with Gasteiger partial charge in [0, 0.05) is 11.5 Å². The van der Waals surface area contributed by atoms with Crippen LogP contribution in [0.5, 0.6) is 0 Å². The van der Waals surface area contributed by atoms with Crippen molar-refractivity contribution in [3.05, 3.63) is 0 Å². The van der Waals surface area contributed by atoms with Gasteiger partial charge in [-0.15, -0.1) is 0 Å². The molecular formula is C14H24O4S2. The van der Waals surface area contributed by atoms with Crippen molar-refractivity contribution in [3.8, 4) is 0 Å². The second-order valence-electron chi connectivity index (χ2n) is 4.61. The fraction of sp³-hybridized carbons (Fsp3) is 0.857. The van der Waals surface area contributed by atoms with E-state index < -0.39 is 17.9 Å². The van der Waals surface area contributed by atoms with Gasteiger partial charge in [0.1, 0.15) is 13.2 Å². The number of esters is 2. The zero-order valence-electron chi connectivity index (χ0n) is 12.1. The highest BCUT2D eigenvalue weighted by atomic mass is 32.2. The van der Waals surface area contributed by atoms with Gasteiger partial charge in [0.05, 0.1) is 0 Å². The van der Waals surface area contributed by atoms with Gasteiger partial charge in [-0.25, -0.2) is 0 Å². The van der Waals surface area contributed by atoms with Crippen molar-refractivity contribution in [3.63, 3.8) is 0 Å². The summed E-state index contributed by atoms with van der Waals surface area (Å²) in [5.41, 5.74) is 0. The Balaban J connectivity index is 2.52. The quantitative estimate of drug-likeness (QED) is 0.589. The summed E-state index contributed by atoms with van der Waals surface area (Å²) in [6.07, 6.45) is 3.44. The molecule has 1 aliphatic heterocycles. The lowest BCUT2D eigenvalue weighted by molar-refractivity contribution is -0.161. The molecule has 0 aromatic carbocycles. The summed E-state index contributed by atoms with van der Waals surface area (Å²) in [4.78, 5) is 23.9. The van der Waals surface area contributed by atoms with Gasteiger partial charge in [-0.05, 0) is 24.3 Å². The lowest BCUT2D eigenvalue weighted by Crippen LogP contribution is -2.29. The van der Waals surface area contributed by atoms with Gasteiger partial charge in [-0.2, -0.15) is 23.5 Å². The van der Waals surface area contributed by atoms with Crippen molar-refractivity contribution in [2.75, 3.05) is 36.2 Å². The Kier molecular flexibility index (Phi) is 10.0. The average molecular weight is 320 g/mol.